The number of hydrogen-bond donors (Lipinski definition) is 0. The quantitative estimate of drug-likeness (QED) is 0.195. The van der Waals surface area contributed by atoms with Gasteiger partial charge < -0.3 is 0 Å². The number of imide groups is 1. The third-order valence-electron chi connectivity index (χ3n) is 6.51. The number of halogens is 7. The van der Waals surface area contributed by atoms with Crippen molar-refractivity contribution in [3.8, 4) is 0 Å². The van der Waals surface area contributed by atoms with Crippen molar-refractivity contribution in [1.29, 1.82) is 0 Å². The molecule has 36 heavy (non-hydrogen) atoms. The van der Waals surface area contributed by atoms with Crippen molar-refractivity contribution in [2.24, 2.45) is 23.7 Å². The van der Waals surface area contributed by atoms with E-state index in [-0.39, 0.29) is 18.3 Å². The van der Waals surface area contributed by atoms with E-state index in [0.717, 1.165) is 0 Å². The van der Waals surface area contributed by atoms with Gasteiger partial charge in [-0.05, 0) is 54.3 Å². The number of nitrogens with zero attached hydrogens (tertiary/aromatic N) is 1. The largest absolute Gasteiger partial charge is 0.416 e. The van der Waals surface area contributed by atoms with Gasteiger partial charge in [-0.3, -0.25) is 14.4 Å². The number of allylic oxidation sites excluding steroid dienone is 2. The van der Waals surface area contributed by atoms with Crippen molar-refractivity contribution in [2.45, 2.75) is 25.7 Å². The molecule has 1 aliphatic carbocycles. The molecule has 0 aromatic heterocycles. The standard InChI is InChI=1S/C25H18ClF6NO3/c1-12-2-3-14(8-19(34)13-4-6-17(26)7-5-13)21-20(12)22(35)33(23(21)36)18-10-15(24(27,28)29)9-16(11-18)25(30,31)32/h2-7,9-12,14,20-21H,8H2,1H3/t12-,14-,20?,21?/m1/s1. The summed E-state index contributed by atoms with van der Waals surface area (Å²) in [6.07, 6.45) is -7.24. The van der Waals surface area contributed by atoms with Crippen LogP contribution in [0.15, 0.2) is 54.6 Å². The van der Waals surface area contributed by atoms with Crippen molar-refractivity contribution in [3.63, 3.8) is 0 Å². The molecule has 4 rings (SSSR count). The molecule has 0 N–H and O–H groups in total. The van der Waals surface area contributed by atoms with E-state index >= 15 is 0 Å². The van der Waals surface area contributed by atoms with E-state index in [1.54, 1.807) is 19.1 Å². The zero-order valence-electron chi connectivity index (χ0n) is 18.5. The lowest BCUT2D eigenvalue weighted by molar-refractivity contribution is -0.143. The molecule has 2 amide bonds. The van der Waals surface area contributed by atoms with E-state index in [0.29, 0.717) is 27.6 Å². The summed E-state index contributed by atoms with van der Waals surface area (Å²) in [5.74, 6) is -5.64. The highest BCUT2D eigenvalue weighted by molar-refractivity contribution is 6.30. The number of ketones is 1. The number of amides is 2. The molecule has 0 saturated carbocycles. The normalized spacial score (nSPS) is 24.3. The minimum Gasteiger partial charge on any atom is -0.294 e. The molecule has 1 aliphatic heterocycles. The van der Waals surface area contributed by atoms with Crippen LogP contribution in [0.25, 0.3) is 0 Å². The Morgan fingerprint density at radius 3 is 1.92 bits per heavy atom. The van der Waals surface area contributed by atoms with Crippen molar-refractivity contribution >= 4 is 34.9 Å². The predicted molar refractivity (Wildman–Crippen MR) is 118 cm³/mol. The molecule has 1 fully saturated rings. The van der Waals surface area contributed by atoms with Gasteiger partial charge in [-0.25, -0.2) is 4.90 Å². The Labute approximate surface area is 206 Å². The van der Waals surface area contributed by atoms with E-state index in [4.69, 9.17) is 11.6 Å². The monoisotopic (exact) mass is 529 g/mol. The third-order valence-corrected chi connectivity index (χ3v) is 6.76. The summed E-state index contributed by atoms with van der Waals surface area (Å²) in [5.41, 5.74) is -3.77. The maximum absolute atomic E-state index is 13.4. The summed E-state index contributed by atoms with van der Waals surface area (Å²) >= 11 is 5.83. The molecule has 4 atom stereocenters. The molecular weight excluding hydrogens is 512 g/mol. The van der Waals surface area contributed by atoms with Gasteiger partial charge in [-0.1, -0.05) is 30.7 Å². The van der Waals surface area contributed by atoms with E-state index in [9.17, 15) is 40.7 Å². The summed E-state index contributed by atoms with van der Waals surface area (Å²) in [6, 6.07) is 6.64. The van der Waals surface area contributed by atoms with Gasteiger partial charge in [0.05, 0.1) is 28.7 Å². The number of alkyl halides is 6. The first-order valence-electron chi connectivity index (χ1n) is 10.8. The number of Topliss-reactive ketones (excluding diaryl/α,β-unsaturated/α-hetero) is 1. The van der Waals surface area contributed by atoms with Gasteiger partial charge in [-0.15, -0.1) is 0 Å². The fourth-order valence-corrected chi connectivity index (χ4v) is 4.88. The molecule has 0 spiro atoms. The van der Waals surface area contributed by atoms with Gasteiger partial charge in [0.2, 0.25) is 11.8 Å². The maximum atomic E-state index is 13.4. The van der Waals surface area contributed by atoms with Gasteiger partial charge in [0, 0.05) is 17.0 Å². The van der Waals surface area contributed by atoms with E-state index in [2.05, 4.69) is 0 Å². The van der Waals surface area contributed by atoms with Crippen LogP contribution in [-0.4, -0.2) is 17.6 Å². The molecule has 2 aromatic carbocycles. The summed E-state index contributed by atoms with van der Waals surface area (Å²) in [7, 11) is 0. The highest BCUT2D eigenvalue weighted by Gasteiger charge is 2.54. The van der Waals surface area contributed by atoms with Gasteiger partial charge in [0.25, 0.3) is 0 Å². The van der Waals surface area contributed by atoms with Gasteiger partial charge in [-0.2, -0.15) is 26.3 Å². The fraction of sp³-hybridized carbons (Fsp3) is 0.320. The first kappa shape index (κ1) is 25.9. The van der Waals surface area contributed by atoms with Crippen LogP contribution in [0.4, 0.5) is 32.0 Å². The van der Waals surface area contributed by atoms with Crippen LogP contribution in [0, 0.1) is 23.7 Å². The Hall–Kier alpha value is -3.14. The Morgan fingerprint density at radius 2 is 1.39 bits per heavy atom. The van der Waals surface area contributed by atoms with Gasteiger partial charge >= 0.3 is 12.4 Å². The van der Waals surface area contributed by atoms with Crippen molar-refractivity contribution in [3.05, 3.63) is 76.3 Å². The molecule has 0 bridgehead atoms. The Morgan fingerprint density at radius 1 is 0.861 bits per heavy atom. The molecule has 190 valence electrons. The average molecular weight is 530 g/mol. The lowest BCUT2D eigenvalue weighted by Gasteiger charge is -2.29. The molecule has 1 heterocycles. The Kier molecular flexibility index (Phi) is 6.53. The number of benzene rings is 2. The predicted octanol–water partition coefficient (Wildman–Crippen LogP) is 6.58. The minimum atomic E-state index is -5.14. The molecule has 4 nitrogen and oxygen atoms in total. The topological polar surface area (TPSA) is 54.5 Å². The number of fused-ring (bicyclic) bond motifs is 1. The lowest BCUT2D eigenvalue weighted by atomic mass is 9.70. The van der Waals surface area contributed by atoms with Gasteiger partial charge in [0.1, 0.15) is 0 Å². The van der Waals surface area contributed by atoms with Crippen LogP contribution in [0.3, 0.4) is 0 Å². The fourth-order valence-electron chi connectivity index (χ4n) is 4.76. The maximum Gasteiger partial charge on any atom is 0.416 e. The SMILES string of the molecule is C[C@@H]1C=C[C@H](CC(=O)c2ccc(Cl)cc2)C2C(=O)N(c3cc(C(F)(F)F)cc(C(F)(F)F)c3)C(=O)C21. The second-order valence-electron chi connectivity index (χ2n) is 8.87. The summed E-state index contributed by atoms with van der Waals surface area (Å²) in [4.78, 5) is 39.8. The second-order valence-corrected chi connectivity index (χ2v) is 9.31. The molecule has 2 aliphatic rings. The summed E-state index contributed by atoms with van der Waals surface area (Å²) in [6.45, 7) is 1.62. The van der Waals surface area contributed by atoms with E-state index in [1.165, 1.54) is 24.3 Å². The van der Waals surface area contributed by atoms with Crippen molar-refractivity contribution in [1.82, 2.24) is 0 Å². The van der Waals surface area contributed by atoms with Crippen LogP contribution in [0.5, 0.6) is 0 Å². The number of hydrogen-bond acceptors (Lipinski definition) is 3. The summed E-state index contributed by atoms with van der Waals surface area (Å²) in [5, 5.41) is 0.407. The first-order chi connectivity index (χ1) is 16.7. The van der Waals surface area contributed by atoms with Crippen LogP contribution in [0.2, 0.25) is 5.02 Å². The zero-order chi connectivity index (χ0) is 26.6. The molecule has 0 radical (unpaired) electrons. The van der Waals surface area contributed by atoms with Crippen molar-refractivity contribution < 1.29 is 40.7 Å². The number of carbonyl (C=O) groups excluding carboxylic acids is 3. The molecule has 2 unspecified atom stereocenters. The molecular formula is C25H18ClF6NO3. The average Bonchev–Trinajstić information content (AvgIpc) is 3.05. The van der Waals surface area contributed by atoms with Crippen LogP contribution in [0.1, 0.15) is 34.8 Å². The Bertz CT molecular complexity index is 1220. The molecule has 2 aromatic rings. The number of rotatable bonds is 4. The summed E-state index contributed by atoms with van der Waals surface area (Å²) < 4.78 is 80.1. The minimum absolute atomic E-state index is 0.0701. The second kappa shape index (κ2) is 9.06. The first-order valence-corrected chi connectivity index (χ1v) is 11.2. The van der Waals surface area contributed by atoms with Crippen LogP contribution in [-0.2, 0) is 21.9 Å². The zero-order valence-corrected chi connectivity index (χ0v) is 19.3. The molecule has 1 saturated heterocycles. The molecule has 11 heteroatoms. The van der Waals surface area contributed by atoms with Crippen molar-refractivity contribution in [2.75, 3.05) is 4.90 Å². The van der Waals surface area contributed by atoms with E-state index in [1.807, 2.05) is 0 Å². The highest BCUT2D eigenvalue weighted by Crippen LogP contribution is 2.46. The van der Waals surface area contributed by atoms with Crippen LogP contribution < -0.4 is 4.90 Å². The highest BCUT2D eigenvalue weighted by atomic mass is 35.5. The smallest absolute Gasteiger partial charge is 0.294 e. The van der Waals surface area contributed by atoms with Gasteiger partial charge in [0.15, 0.2) is 5.78 Å². The lowest BCUT2D eigenvalue weighted by Crippen LogP contribution is -2.34. The Balaban J connectivity index is 1.72. The third kappa shape index (κ3) is 4.78. The number of carbonyl (C=O) groups is 3. The van der Waals surface area contributed by atoms with Crippen LogP contribution >= 0.6 is 11.6 Å². The number of anilines is 1. The van der Waals surface area contributed by atoms with E-state index < -0.39 is 64.7 Å².